The van der Waals surface area contributed by atoms with Gasteiger partial charge in [-0.1, -0.05) is 38.5 Å². The molecule has 0 heterocycles. The van der Waals surface area contributed by atoms with Crippen molar-refractivity contribution in [3.63, 3.8) is 0 Å². The highest BCUT2D eigenvalue weighted by Crippen LogP contribution is 2.24. The van der Waals surface area contributed by atoms with Crippen LogP contribution in [0.1, 0.15) is 42.2 Å². The van der Waals surface area contributed by atoms with Crippen LogP contribution in [-0.2, 0) is 4.74 Å². The van der Waals surface area contributed by atoms with E-state index >= 15 is 0 Å². The average molecular weight is 251 g/mol. The van der Waals surface area contributed by atoms with Crippen molar-refractivity contribution in [3.05, 3.63) is 35.4 Å². The highest BCUT2D eigenvalue weighted by Gasteiger charge is 2.25. The van der Waals surface area contributed by atoms with Gasteiger partial charge in [-0.05, 0) is 17.5 Å². The minimum Gasteiger partial charge on any atom is -0.465 e. The van der Waals surface area contributed by atoms with E-state index in [1.54, 1.807) is 24.3 Å². The molecule has 100 valence electrons. The van der Waals surface area contributed by atoms with Crippen molar-refractivity contribution < 1.29 is 14.6 Å². The fourth-order valence-corrected chi connectivity index (χ4v) is 1.86. The smallest absolute Gasteiger partial charge is 0.338 e. The molecular formula is C14H21NO3. The van der Waals surface area contributed by atoms with Crippen LogP contribution >= 0.6 is 0 Å². The van der Waals surface area contributed by atoms with E-state index in [2.05, 4.69) is 0 Å². The zero-order valence-corrected chi connectivity index (χ0v) is 11.1. The maximum absolute atomic E-state index is 11.6. The van der Waals surface area contributed by atoms with Crippen molar-refractivity contribution in [3.8, 4) is 0 Å². The Balaban J connectivity index is 3.05. The number of carbonyl (C=O) groups excluding carboxylic acids is 1. The van der Waals surface area contributed by atoms with Crippen LogP contribution < -0.4 is 5.73 Å². The first-order valence-electron chi connectivity index (χ1n) is 6.13. The van der Waals surface area contributed by atoms with E-state index in [0.29, 0.717) is 11.1 Å². The van der Waals surface area contributed by atoms with Crippen molar-refractivity contribution in [1.29, 1.82) is 0 Å². The number of carbonyl (C=O) groups is 1. The number of esters is 1. The molecule has 1 unspecified atom stereocenters. The van der Waals surface area contributed by atoms with Crippen molar-refractivity contribution >= 4 is 5.97 Å². The minimum absolute atomic E-state index is 0.0747. The molecular weight excluding hydrogens is 230 g/mol. The second kappa shape index (κ2) is 6.52. The Morgan fingerprint density at radius 2 is 2.06 bits per heavy atom. The summed E-state index contributed by atoms with van der Waals surface area (Å²) in [6, 6.07) is 6.37. The van der Waals surface area contributed by atoms with E-state index in [0.717, 1.165) is 6.42 Å². The third kappa shape index (κ3) is 3.09. The van der Waals surface area contributed by atoms with Crippen LogP contribution in [0.25, 0.3) is 0 Å². The summed E-state index contributed by atoms with van der Waals surface area (Å²) < 4.78 is 4.72. The van der Waals surface area contributed by atoms with Gasteiger partial charge in [0, 0.05) is 0 Å². The second-order valence-corrected chi connectivity index (χ2v) is 4.48. The summed E-state index contributed by atoms with van der Waals surface area (Å²) in [6.45, 7) is 3.93. The Labute approximate surface area is 108 Å². The van der Waals surface area contributed by atoms with Crippen molar-refractivity contribution in [2.24, 2.45) is 11.7 Å². The van der Waals surface area contributed by atoms with Gasteiger partial charge in [0.25, 0.3) is 0 Å². The van der Waals surface area contributed by atoms with Gasteiger partial charge in [-0.2, -0.15) is 0 Å². The largest absolute Gasteiger partial charge is 0.465 e. The molecule has 4 heteroatoms. The van der Waals surface area contributed by atoms with Gasteiger partial charge in [0.15, 0.2) is 0 Å². The number of rotatable bonds is 5. The van der Waals surface area contributed by atoms with Crippen LogP contribution in [0, 0.1) is 5.92 Å². The van der Waals surface area contributed by atoms with Crippen LogP contribution in [0.3, 0.4) is 0 Å². The third-order valence-corrected chi connectivity index (χ3v) is 3.32. The van der Waals surface area contributed by atoms with E-state index in [4.69, 9.17) is 10.5 Å². The first-order chi connectivity index (χ1) is 8.52. The lowest BCUT2D eigenvalue weighted by molar-refractivity contribution is 0.0592. The molecule has 1 rings (SSSR count). The average Bonchev–Trinajstić information content (AvgIpc) is 2.43. The predicted molar refractivity (Wildman–Crippen MR) is 70.2 cm³/mol. The Morgan fingerprint density at radius 3 is 2.61 bits per heavy atom. The molecule has 0 saturated carbocycles. The Bertz CT molecular complexity index is 406. The summed E-state index contributed by atoms with van der Waals surface area (Å²) in [5, 5.41) is 10.1. The van der Waals surface area contributed by atoms with E-state index in [1.807, 2.05) is 13.8 Å². The molecule has 0 aliphatic rings. The number of nitrogens with two attached hydrogens (primary N) is 1. The number of ether oxygens (including phenoxy) is 1. The lowest BCUT2D eigenvalue weighted by Gasteiger charge is -2.25. The lowest BCUT2D eigenvalue weighted by atomic mass is 9.89. The van der Waals surface area contributed by atoms with E-state index in [1.165, 1.54) is 7.11 Å². The molecule has 0 amide bonds. The van der Waals surface area contributed by atoms with Crippen molar-refractivity contribution in [2.75, 3.05) is 7.11 Å². The number of aliphatic hydroxyl groups excluding tert-OH is 1. The monoisotopic (exact) mass is 251 g/mol. The summed E-state index contributed by atoms with van der Waals surface area (Å²) in [6.07, 6.45) is 0.149. The number of hydrogen-bond acceptors (Lipinski definition) is 4. The molecule has 0 fully saturated rings. The second-order valence-electron chi connectivity index (χ2n) is 4.48. The van der Waals surface area contributed by atoms with Crippen LogP contribution in [0.2, 0.25) is 0 Å². The Hall–Kier alpha value is -1.39. The molecule has 0 aliphatic carbocycles. The number of benzene rings is 1. The molecule has 1 aromatic carbocycles. The minimum atomic E-state index is -0.680. The van der Waals surface area contributed by atoms with Crippen LogP contribution in [-0.4, -0.2) is 24.3 Å². The van der Waals surface area contributed by atoms with Crippen LogP contribution in [0.15, 0.2) is 24.3 Å². The standard InChI is InChI=1S/C14H21NO3/c1-4-9(2)13(16)12(15)10-7-5-6-8-11(10)14(17)18-3/h5-9,12-13,16H,4,15H2,1-3H3/t9?,12-,13+/m0/s1. The first kappa shape index (κ1) is 14.7. The SMILES string of the molecule is CCC(C)[C@@H](O)[C@@H](N)c1ccccc1C(=O)OC. The van der Waals surface area contributed by atoms with Crippen molar-refractivity contribution in [2.45, 2.75) is 32.4 Å². The molecule has 0 radical (unpaired) electrons. The first-order valence-corrected chi connectivity index (χ1v) is 6.13. The molecule has 3 N–H and O–H groups in total. The fraction of sp³-hybridized carbons (Fsp3) is 0.500. The molecule has 1 aromatic rings. The number of aliphatic hydroxyl groups is 1. The predicted octanol–water partition coefficient (Wildman–Crippen LogP) is 1.88. The van der Waals surface area contributed by atoms with Gasteiger partial charge in [0.1, 0.15) is 0 Å². The van der Waals surface area contributed by atoms with Crippen LogP contribution in [0.4, 0.5) is 0 Å². The molecule has 4 nitrogen and oxygen atoms in total. The van der Waals surface area contributed by atoms with Gasteiger partial charge < -0.3 is 15.6 Å². The van der Waals surface area contributed by atoms with Crippen molar-refractivity contribution in [1.82, 2.24) is 0 Å². The van der Waals surface area contributed by atoms with Gasteiger partial charge in [-0.15, -0.1) is 0 Å². The molecule has 0 aliphatic heterocycles. The zero-order valence-electron chi connectivity index (χ0n) is 11.1. The summed E-state index contributed by atoms with van der Waals surface area (Å²) >= 11 is 0. The third-order valence-electron chi connectivity index (χ3n) is 3.32. The van der Waals surface area contributed by atoms with Gasteiger partial charge in [-0.3, -0.25) is 0 Å². The lowest BCUT2D eigenvalue weighted by Crippen LogP contribution is -2.32. The molecule has 18 heavy (non-hydrogen) atoms. The summed E-state index contributed by atoms with van der Waals surface area (Å²) in [4.78, 5) is 11.6. The van der Waals surface area contributed by atoms with Gasteiger partial charge in [0.2, 0.25) is 0 Å². The molecule has 3 atom stereocenters. The van der Waals surface area contributed by atoms with Gasteiger partial charge in [-0.25, -0.2) is 4.79 Å². The Kier molecular flexibility index (Phi) is 5.31. The van der Waals surface area contributed by atoms with Crippen LogP contribution in [0.5, 0.6) is 0 Å². The zero-order chi connectivity index (χ0) is 13.7. The summed E-state index contributed by atoms with van der Waals surface area (Å²) in [5.41, 5.74) is 7.08. The van der Waals surface area contributed by atoms with Gasteiger partial charge in [0.05, 0.1) is 24.8 Å². The fourth-order valence-electron chi connectivity index (χ4n) is 1.86. The maximum atomic E-state index is 11.6. The van der Waals surface area contributed by atoms with E-state index < -0.39 is 18.1 Å². The maximum Gasteiger partial charge on any atom is 0.338 e. The summed E-state index contributed by atoms with van der Waals surface area (Å²) in [7, 11) is 1.33. The Morgan fingerprint density at radius 1 is 1.44 bits per heavy atom. The molecule has 0 aromatic heterocycles. The highest BCUT2D eigenvalue weighted by molar-refractivity contribution is 5.91. The number of methoxy groups -OCH3 is 1. The highest BCUT2D eigenvalue weighted by atomic mass is 16.5. The van der Waals surface area contributed by atoms with Gasteiger partial charge >= 0.3 is 5.97 Å². The quantitative estimate of drug-likeness (QED) is 0.784. The summed E-state index contributed by atoms with van der Waals surface area (Å²) in [5.74, 6) is -0.358. The molecule has 0 saturated heterocycles. The topological polar surface area (TPSA) is 72.5 Å². The van der Waals surface area contributed by atoms with E-state index in [-0.39, 0.29) is 5.92 Å². The molecule has 0 spiro atoms. The normalized spacial score (nSPS) is 15.8. The van der Waals surface area contributed by atoms with E-state index in [9.17, 15) is 9.90 Å². The number of hydrogen-bond donors (Lipinski definition) is 2. The molecule has 0 bridgehead atoms.